The Morgan fingerprint density at radius 1 is 1.03 bits per heavy atom. The van der Waals surface area contributed by atoms with Gasteiger partial charge in [-0.25, -0.2) is 13.1 Å². The maximum atomic E-state index is 12.5. The number of rotatable bonds is 6. The van der Waals surface area contributed by atoms with Crippen LogP contribution in [0.1, 0.15) is 5.76 Å². The number of carbonyl (C=O) groups excluding carboxylic acids is 1. The van der Waals surface area contributed by atoms with Crippen LogP contribution in [0.15, 0.2) is 76.2 Å². The van der Waals surface area contributed by atoms with Crippen LogP contribution in [0.5, 0.6) is 11.5 Å². The van der Waals surface area contributed by atoms with E-state index >= 15 is 0 Å². The second-order valence-corrected chi connectivity index (χ2v) is 8.05. The normalized spacial score (nSPS) is 15.7. The second-order valence-electron chi connectivity index (χ2n) is 6.29. The SMILES string of the molecule is O=C(Nc1cccc(S(=O)(=O)NCc2ccco2)c1)C1COc2ccccc2O1. The standard InChI is InChI=1S/C20H18N2O6S/c23-20(19-13-27-17-8-1-2-9-18(17)28-19)22-14-5-3-7-16(11-14)29(24,25)21-12-15-6-4-10-26-15/h1-11,19,21H,12-13H2,(H,22,23). The summed E-state index contributed by atoms with van der Waals surface area (Å²) in [6, 6.07) is 16.4. The summed E-state index contributed by atoms with van der Waals surface area (Å²) in [5, 5.41) is 2.67. The van der Waals surface area contributed by atoms with Crippen molar-refractivity contribution in [3.05, 3.63) is 72.7 Å². The van der Waals surface area contributed by atoms with E-state index < -0.39 is 22.0 Å². The predicted molar refractivity (Wildman–Crippen MR) is 104 cm³/mol. The van der Waals surface area contributed by atoms with Crippen molar-refractivity contribution < 1.29 is 27.1 Å². The van der Waals surface area contributed by atoms with Crippen LogP contribution < -0.4 is 19.5 Å². The Bertz CT molecular complexity index is 1110. The zero-order chi connectivity index (χ0) is 20.3. The minimum atomic E-state index is -3.78. The van der Waals surface area contributed by atoms with Gasteiger partial charge in [0.2, 0.25) is 16.1 Å². The molecule has 8 nitrogen and oxygen atoms in total. The third-order valence-electron chi connectivity index (χ3n) is 4.23. The van der Waals surface area contributed by atoms with Gasteiger partial charge in [0, 0.05) is 5.69 Å². The Labute approximate surface area is 167 Å². The van der Waals surface area contributed by atoms with E-state index in [4.69, 9.17) is 13.9 Å². The summed E-state index contributed by atoms with van der Waals surface area (Å²) in [4.78, 5) is 12.5. The van der Waals surface area contributed by atoms with Gasteiger partial charge in [-0.1, -0.05) is 18.2 Å². The number of nitrogens with one attached hydrogen (secondary N) is 2. The molecular weight excluding hydrogens is 396 g/mol. The van der Waals surface area contributed by atoms with E-state index in [2.05, 4.69) is 10.0 Å². The number of hydrogen-bond donors (Lipinski definition) is 2. The molecule has 150 valence electrons. The summed E-state index contributed by atoms with van der Waals surface area (Å²) in [5.41, 5.74) is 0.332. The van der Waals surface area contributed by atoms with Gasteiger partial charge in [0.05, 0.1) is 17.7 Å². The summed E-state index contributed by atoms with van der Waals surface area (Å²) in [7, 11) is -3.78. The number of sulfonamides is 1. The topological polar surface area (TPSA) is 107 Å². The lowest BCUT2D eigenvalue weighted by atomic mass is 10.2. The van der Waals surface area contributed by atoms with Crippen LogP contribution in [-0.4, -0.2) is 27.0 Å². The first-order valence-electron chi connectivity index (χ1n) is 8.83. The molecule has 9 heteroatoms. The lowest BCUT2D eigenvalue weighted by Crippen LogP contribution is -2.40. The fraction of sp³-hybridized carbons (Fsp3) is 0.150. The molecule has 2 aromatic carbocycles. The maximum Gasteiger partial charge on any atom is 0.269 e. The van der Waals surface area contributed by atoms with Gasteiger partial charge in [0.1, 0.15) is 12.4 Å². The molecule has 0 saturated heterocycles. The van der Waals surface area contributed by atoms with E-state index in [0.29, 0.717) is 22.9 Å². The van der Waals surface area contributed by atoms with Crippen LogP contribution >= 0.6 is 0 Å². The molecule has 0 bridgehead atoms. The van der Waals surface area contributed by atoms with Crippen molar-refractivity contribution in [3.8, 4) is 11.5 Å². The summed E-state index contributed by atoms with van der Waals surface area (Å²) in [6.45, 7) is 0.0874. The Hall–Kier alpha value is -3.30. The highest BCUT2D eigenvalue weighted by atomic mass is 32.2. The Morgan fingerprint density at radius 2 is 1.86 bits per heavy atom. The largest absolute Gasteiger partial charge is 0.485 e. The smallest absolute Gasteiger partial charge is 0.269 e. The average molecular weight is 414 g/mol. The van der Waals surface area contributed by atoms with E-state index in [9.17, 15) is 13.2 Å². The molecule has 1 atom stereocenters. The number of benzene rings is 2. The van der Waals surface area contributed by atoms with Crippen LogP contribution in [0.3, 0.4) is 0 Å². The molecule has 2 heterocycles. The first kappa shape index (κ1) is 19.0. The number of anilines is 1. The van der Waals surface area contributed by atoms with Gasteiger partial charge in [-0.05, 0) is 42.5 Å². The van der Waals surface area contributed by atoms with E-state index in [1.54, 1.807) is 42.5 Å². The Kier molecular flexibility index (Phi) is 5.24. The molecule has 3 aromatic rings. The Morgan fingerprint density at radius 3 is 2.66 bits per heavy atom. The highest BCUT2D eigenvalue weighted by Gasteiger charge is 2.27. The van der Waals surface area contributed by atoms with Crippen molar-refractivity contribution in [2.75, 3.05) is 11.9 Å². The van der Waals surface area contributed by atoms with Crippen molar-refractivity contribution in [1.29, 1.82) is 0 Å². The summed E-state index contributed by atoms with van der Waals surface area (Å²) in [6.07, 6.45) is 0.622. The fourth-order valence-electron chi connectivity index (χ4n) is 2.78. The maximum absolute atomic E-state index is 12.5. The lowest BCUT2D eigenvalue weighted by Gasteiger charge is -2.25. The van der Waals surface area contributed by atoms with Gasteiger partial charge < -0.3 is 19.2 Å². The minimum Gasteiger partial charge on any atom is -0.485 e. The average Bonchev–Trinajstić information content (AvgIpc) is 3.26. The van der Waals surface area contributed by atoms with Gasteiger partial charge >= 0.3 is 0 Å². The second kappa shape index (κ2) is 7.98. The molecule has 1 aliphatic rings. The minimum absolute atomic E-state index is 0.0213. The van der Waals surface area contributed by atoms with Gasteiger partial charge in [0.15, 0.2) is 11.5 Å². The number of ether oxygens (including phenoxy) is 2. The molecule has 0 saturated carbocycles. The van der Waals surface area contributed by atoms with Crippen molar-refractivity contribution in [1.82, 2.24) is 4.72 Å². The molecule has 0 fully saturated rings. The monoisotopic (exact) mass is 414 g/mol. The van der Waals surface area contributed by atoms with Crippen molar-refractivity contribution in [2.45, 2.75) is 17.5 Å². The molecule has 0 aliphatic carbocycles. The molecule has 1 unspecified atom stereocenters. The molecule has 0 spiro atoms. The van der Waals surface area contributed by atoms with E-state index in [-0.39, 0.29) is 18.0 Å². The molecule has 1 aromatic heterocycles. The van der Waals surface area contributed by atoms with Gasteiger partial charge in [0.25, 0.3) is 5.91 Å². The summed E-state index contributed by atoms with van der Waals surface area (Å²) < 4.78 is 43.8. The van der Waals surface area contributed by atoms with E-state index in [1.165, 1.54) is 18.4 Å². The molecule has 1 amide bonds. The number of furan rings is 1. The fourth-order valence-corrected chi connectivity index (χ4v) is 3.81. The molecule has 2 N–H and O–H groups in total. The molecule has 4 rings (SSSR count). The van der Waals surface area contributed by atoms with Gasteiger partial charge in [-0.2, -0.15) is 0 Å². The summed E-state index contributed by atoms with van der Waals surface area (Å²) in [5.74, 6) is 1.12. The number of hydrogen-bond acceptors (Lipinski definition) is 6. The Balaban J connectivity index is 1.43. The van der Waals surface area contributed by atoms with Crippen molar-refractivity contribution in [2.24, 2.45) is 0 Å². The molecular formula is C20H18N2O6S. The first-order chi connectivity index (χ1) is 14.0. The number of para-hydroxylation sites is 2. The van der Waals surface area contributed by atoms with E-state index in [0.717, 1.165) is 0 Å². The predicted octanol–water partition coefficient (Wildman–Crippen LogP) is 2.54. The first-order valence-corrected chi connectivity index (χ1v) is 10.3. The zero-order valence-electron chi connectivity index (χ0n) is 15.2. The third-order valence-corrected chi connectivity index (χ3v) is 5.63. The highest BCUT2D eigenvalue weighted by molar-refractivity contribution is 7.89. The molecule has 1 aliphatic heterocycles. The molecule has 0 radical (unpaired) electrons. The summed E-state index contributed by atoms with van der Waals surface area (Å²) >= 11 is 0. The van der Waals surface area contributed by atoms with Crippen molar-refractivity contribution in [3.63, 3.8) is 0 Å². The van der Waals surface area contributed by atoms with Crippen LogP contribution in [0.25, 0.3) is 0 Å². The van der Waals surface area contributed by atoms with E-state index in [1.807, 2.05) is 6.07 Å². The van der Waals surface area contributed by atoms with Crippen LogP contribution in [0.2, 0.25) is 0 Å². The molecule has 29 heavy (non-hydrogen) atoms. The number of amides is 1. The van der Waals surface area contributed by atoms with Crippen LogP contribution in [0, 0.1) is 0 Å². The number of fused-ring (bicyclic) bond motifs is 1. The van der Waals surface area contributed by atoms with Crippen LogP contribution in [0.4, 0.5) is 5.69 Å². The lowest BCUT2D eigenvalue weighted by molar-refractivity contribution is -0.125. The highest BCUT2D eigenvalue weighted by Crippen LogP contribution is 2.31. The number of carbonyl (C=O) groups is 1. The van der Waals surface area contributed by atoms with Crippen LogP contribution in [-0.2, 0) is 21.4 Å². The van der Waals surface area contributed by atoms with Gasteiger partial charge in [-0.3, -0.25) is 4.79 Å². The zero-order valence-corrected chi connectivity index (χ0v) is 16.0. The third kappa shape index (κ3) is 4.41. The van der Waals surface area contributed by atoms with Gasteiger partial charge in [-0.15, -0.1) is 0 Å². The van der Waals surface area contributed by atoms with Crippen molar-refractivity contribution >= 4 is 21.6 Å². The quantitative estimate of drug-likeness (QED) is 0.642.